The predicted molar refractivity (Wildman–Crippen MR) is 53.7 cm³/mol. The average Bonchev–Trinajstić information content (AvgIpc) is 2.09. The summed E-state index contributed by atoms with van der Waals surface area (Å²) < 4.78 is 24.8. The number of phenolic OH excluding ortho intramolecular Hbond substituents is 1. The number of alkyl halides is 2. The molecule has 0 unspecified atom stereocenters. The van der Waals surface area contributed by atoms with Crippen molar-refractivity contribution in [3.8, 4) is 5.75 Å². The molecule has 0 amide bonds. The highest BCUT2D eigenvalue weighted by Gasteiger charge is 2.22. The summed E-state index contributed by atoms with van der Waals surface area (Å²) in [6.45, 7) is 0. The van der Waals surface area contributed by atoms with Crippen LogP contribution in [0.2, 0.25) is 5.02 Å². The number of nitrogens with two attached hydrogens (primary N) is 1. The fourth-order valence-corrected chi connectivity index (χ4v) is 1.81. The first-order chi connectivity index (χ1) is 6.43. The van der Waals surface area contributed by atoms with Crippen LogP contribution < -0.4 is 5.73 Å². The van der Waals surface area contributed by atoms with Crippen molar-refractivity contribution in [3.05, 3.63) is 27.2 Å². The summed E-state index contributed by atoms with van der Waals surface area (Å²) in [5.41, 5.74) is 5.12. The van der Waals surface area contributed by atoms with Crippen LogP contribution in [0.3, 0.4) is 0 Å². The molecule has 0 radical (unpaired) electrons. The van der Waals surface area contributed by atoms with E-state index in [1.807, 2.05) is 0 Å². The van der Waals surface area contributed by atoms with E-state index < -0.39 is 12.5 Å². The fourth-order valence-electron chi connectivity index (χ4n) is 0.976. The predicted octanol–water partition coefficient (Wildman–Crippen LogP) is 3.07. The average molecular weight is 287 g/mol. The first kappa shape index (κ1) is 11.7. The van der Waals surface area contributed by atoms with Crippen molar-refractivity contribution in [1.29, 1.82) is 0 Å². The van der Waals surface area contributed by atoms with Crippen molar-refractivity contribution < 1.29 is 13.9 Å². The molecule has 1 atom stereocenters. The molecule has 0 aliphatic rings. The minimum Gasteiger partial charge on any atom is -0.506 e. The van der Waals surface area contributed by atoms with Gasteiger partial charge in [-0.2, -0.15) is 0 Å². The van der Waals surface area contributed by atoms with Gasteiger partial charge in [-0.05, 0) is 28.1 Å². The Hall–Kier alpha value is -0.390. The minimum atomic E-state index is -2.74. The third-order valence-electron chi connectivity index (χ3n) is 1.69. The SMILES string of the molecule is N[C@@H](c1cc(Cl)cc(Br)c1O)C(F)F. The Kier molecular flexibility index (Phi) is 3.69. The zero-order valence-corrected chi connectivity index (χ0v) is 9.19. The van der Waals surface area contributed by atoms with Crippen LogP contribution in [-0.4, -0.2) is 11.5 Å². The summed E-state index contributed by atoms with van der Waals surface area (Å²) in [7, 11) is 0. The summed E-state index contributed by atoms with van der Waals surface area (Å²) in [5.74, 6) is -0.304. The lowest BCUT2D eigenvalue weighted by Gasteiger charge is -2.13. The lowest BCUT2D eigenvalue weighted by atomic mass is 10.1. The standard InChI is InChI=1S/C8H7BrClF2NO/c9-5-2-3(10)1-4(7(5)14)6(13)8(11)12/h1-2,6,8,14H,13H2/t6-/m0/s1. The third kappa shape index (κ3) is 2.34. The van der Waals surface area contributed by atoms with Gasteiger partial charge in [0, 0.05) is 10.6 Å². The van der Waals surface area contributed by atoms with Crippen molar-refractivity contribution in [2.24, 2.45) is 5.73 Å². The van der Waals surface area contributed by atoms with Gasteiger partial charge >= 0.3 is 0 Å². The van der Waals surface area contributed by atoms with Crippen molar-refractivity contribution >= 4 is 27.5 Å². The van der Waals surface area contributed by atoms with Crippen molar-refractivity contribution in [1.82, 2.24) is 0 Å². The molecule has 0 saturated carbocycles. The molecule has 1 rings (SSSR count). The molecule has 0 aromatic heterocycles. The molecule has 0 spiro atoms. The van der Waals surface area contributed by atoms with Crippen LogP contribution in [0.1, 0.15) is 11.6 Å². The van der Waals surface area contributed by atoms with Crippen LogP contribution in [0, 0.1) is 0 Å². The molecule has 0 saturated heterocycles. The molecule has 3 N–H and O–H groups in total. The molecule has 14 heavy (non-hydrogen) atoms. The van der Waals surface area contributed by atoms with Gasteiger partial charge in [0.15, 0.2) is 0 Å². The largest absolute Gasteiger partial charge is 0.506 e. The molecule has 0 heterocycles. The lowest BCUT2D eigenvalue weighted by Crippen LogP contribution is -2.19. The molecular weight excluding hydrogens is 279 g/mol. The summed E-state index contributed by atoms with van der Waals surface area (Å²) in [4.78, 5) is 0. The van der Waals surface area contributed by atoms with Gasteiger partial charge in [0.25, 0.3) is 6.43 Å². The molecule has 0 aliphatic carbocycles. The Morgan fingerprint density at radius 3 is 2.50 bits per heavy atom. The van der Waals surface area contributed by atoms with Crippen LogP contribution in [0.4, 0.5) is 8.78 Å². The van der Waals surface area contributed by atoms with Gasteiger partial charge in [-0.1, -0.05) is 11.6 Å². The molecule has 0 fully saturated rings. The third-order valence-corrected chi connectivity index (χ3v) is 2.51. The highest BCUT2D eigenvalue weighted by atomic mass is 79.9. The summed E-state index contributed by atoms with van der Waals surface area (Å²) >= 11 is 8.61. The Morgan fingerprint density at radius 1 is 1.43 bits per heavy atom. The molecule has 6 heteroatoms. The maximum absolute atomic E-state index is 12.3. The van der Waals surface area contributed by atoms with E-state index in [1.165, 1.54) is 12.1 Å². The van der Waals surface area contributed by atoms with E-state index in [0.717, 1.165) is 0 Å². The number of rotatable bonds is 2. The first-order valence-electron chi connectivity index (χ1n) is 3.65. The Balaban J connectivity index is 3.20. The summed E-state index contributed by atoms with van der Waals surface area (Å²) in [6, 6.07) is 1.09. The van der Waals surface area contributed by atoms with Gasteiger partial charge < -0.3 is 10.8 Å². The molecule has 78 valence electrons. The monoisotopic (exact) mass is 285 g/mol. The fraction of sp³-hybridized carbons (Fsp3) is 0.250. The van der Waals surface area contributed by atoms with Gasteiger partial charge in [-0.25, -0.2) is 8.78 Å². The highest BCUT2D eigenvalue weighted by Crippen LogP contribution is 2.35. The smallest absolute Gasteiger partial charge is 0.257 e. The molecule has 1 aromatic rings. The molecule has 2 nitrogen and oxygen atoms in total. The summed E-state index contributed by atoms with van der Waals surface area (Å²) in [5, 5.41) is 9.66. The second-order valence-electron chi connectivity index (χ2n) is 2.69. The lowest BCUT2D eigenvalue weighted by molar-refractivity contribution is 0.115. The van der Waals surface area contributed by atoms with Gasteiger partial charge in [-0.15, -0.1) is 0 Å². The minimum absolute atomic E-state index is 0.0700. The van der Waals surface area contributed by atoms with Crippen molar-refractivity contribution in [2.45, 2.75) is 12.5 Å². The van der Waals surface area contributed by atoms with E-state index in [-0.39, 0.29) is 20.8 Å². The molecule has 0 bridgehead atoms. The first-order valence-corrected chi connectivity index (χ1v) is 4.82. The van der Waals surface area contributed by atoms with Gasteiger partial charge in [0.1, 0.15) is 5.75 Å². The maximum Gasteiger partial charge on any atom is 0.257 e. The van der Waals surface area contributed by atoms with Crippen LogP contribution >= 0.6 is 27.5 Å². The Morgan fingerprint density at radius 2 is 2.00 bits per heavy atom. The van der Waals surface area contributed by atoms with E-state index >= 15 is 0 Å². The number of halogens is 4. The van der Waals surface area contributed by atoms with E-state index in [9.17, 15) is 13.9 Å². The Labute approximate surface area is 92.8 Å². The number of hydrogen-bond acceptors (Lipinski definition) is 2. The zero-order chi connectivity index (χ0) is 10.9. The van der Waals surface area contributed by atoms with E-state index in [2.05, 4.69) is 15.9 Å². The van der Waals surface area contributed by atoms with Crippen LogP contribution in [-0.2, 0) is 0 Å². The zero-order valence-electron chi connectivity index (χ0n) is 6.85. The number of aromatic hydroxyl groups is 1. The van der Waals surface area contributed by atoms with Crippen molar-refractivity contribution in [3.63, 3.8) is 0 Å². The number of phenols is 1. The maximum atomic E-state index is 12.3. The van der Waals surface area contributed by atoms with E-state index in [4.69, 9.17) is 17.3 Å². The van der Waals surface area contributed by atoms with Crippen LogP contribution in [0.15, 0.2) is 16.6 Å². The second-order valence-corrected chi connectivity index (χ2v) is 3.98. The Bertz CT molecular complexity index is 348. The van der Waals surface area contributed by atoms with Crippen molar-refractivity contribution in [2.75, 3.05) is 0 Å². The summed E-state index contributed by atoms with van der Waals surface area (Å²) in [6.07, 6.45) is -2.74. The highest BCUT2D eigenvalue weighted by molar-refractivity contribution is 9.10. The second kappa shape index (κ2) is 4.42. The number of benzene rings is 1. The molecular formula is C8H7BrClF2NO. The van der Waals surface area contributed by atoms with Gasteiger partial charge in [-0.3, -0.25) is 0 Å². The van der Waals surface area contributed by atoms with Crippen LogP contribution in [0.5, 0.6) is 5.75 Å². The quantitative estimate of drug-likeness (QED) is 0.877. The normalized spacial score (nSPS) is 13.3. The van der Waals surface area contributed by atoms with Crippen LogP contribution in [0.25, 0.3) is 0 Å². The van der Waals surface area contributed by atoms with Gasteiger partial charge in [0.2, 0.25) is 0 Å². The van der Waals surface area contributed by atoms with Gasteiger partial charge in [0.05, 0.1) is 10.5 Å². The van der Waals surface area contributed by atoms with E-state index in [0.29, 0.717) is 0 Å². The molecule has 1 aromatic carbocycles. The molecule has 0 aliphatic heterocycles. The topological polar surface area (TPSA) is 46.2 Å². The van der Waals surface area contributed by atoms with E-state index in [1.54, 1.807) is 0 Å². The number of hydrogen-bond donors (Lipinski definition) is 2.